The number of piperidine rings is 1. The number of hydrogen-bond acceptors (Lipinski definition) is 4. The molecule has 2 aliphatic heterocycles. The molecule has 1 saturated heterocycles. The molecule has 2 heterocycles. The fourth-order valence-electron chi connectivity index (χ4n) is 2.82. The maximum Gasteiger partial charge on any atom is 0.262 e. The Balaban J connectivity index is 2.02. The molecule has 2 aliphatic rings. The van der Waals surface area contributed by atoms with Gasteiger partial charge in [-0.15, -0.1) is 0 Å². The molecule has 7 heteroatoms. The number of fused-ring (bicyclic) bond motifs is 1. The molecule has 23 heavy (non-hydrogen) atoms. The van der Waals surface area contributed by atoms with Crippen LogP contribution in [-0.2, 0) is 9.59 Å². The van der Waals surface area contributed by atoms with Crippen LogP contribution in [0, 0.1) is 5.82 Å². The van der Waals surface area contributed by atoms with Gasteiger partial charge in [-0.05, 0) is 31.1 Å². The van der Waals surface area contributed by atoms with Gasteiger partial charge >= 0.3 is 0 Å². The molecule has 1 unspecified atom stereocenters. The van der Waals surface area contributed by atoms with Crippen molar-refractivity contribution in [2.75, 3.05) is 0 Å². The highest BCUT2D eigenvalue weighted by Crippen LogP contribution is 2.31. The smallest absolute Gasteiger partial charge is 0.262 e. The molecule has 0 spiro atoms. The monoisotopic (exact) mass is 316 g/mol. The van der Waals surface area contributed by atoms with E-state index in [1.54, 1.807) is 6.92 Å². The number of halogens is 1. The number of rotatable bonds is 2. The van der Waals surface area contributed by atoms with Gasteiger partial charge in [-0.2, -0.15) is 0 Å². The first kappa shape index (κ1) is 15.1. The molecule has 1 N–H and O–H groups in total. The van der Waals surface area contributed by atoms with Gasteiger partial charge in [-0.25, -0.2) is 4.39 Å². The Kier molecular flexibility index (Phi) is 3.35. The van der Waals surface area contributed by atoms with E-state index >= 15 is 0 Å². The first-order valence-corrected chi connectivity index (χ1v) is 7.02. The Morgan fingerprint density at radius 3 is 2.39 bits per heavy atom. The van der Waals surface area contributed by atoms with Crippen LogP contribution in [0.4, 0.5) is 4.39 Å². The zero-order chi connectivity index (χ0) is 16.9. The SMILES string of the molecule is C=C(C)c1cc2c(cc1F)C(=O)N(C1CCC(=O)NC1=O)C2=O. The minimum Gasteiger partial charge on any atom is -0.295 e. The topological polar surface area (TPSA) is 83.6 Å². The van der Waals surface area contributed by atoms with Crippen molar-refractivity contribution in [1.82, 2.24) is 10.2 Å². The summed E-state index contributed by atoms with van der Waals surface area (Å²) in [6.45, 7) is 5.22. The van der Waals surface area contributed by atoms with Crippen molar-refractivity contribution in [3.63, 3.8) is 0 Å². The van der Waals surface area contributed by atoms with Gasteiger partial charge in [0.15, 0.2) is 0 Å². The molecule has 0 radical (unpaired) electrons. The van der Waals surface area contributed by atoms with Gasteiger partial charge in [0.25, 0.3) is 11.8 Å². The molecule has 0 aliphatic carbocycles. The second kappa shape index (κ2) is 5.12. The van der Waals surface area contributed by atoms with Crippen LogP contribution in [0.1, 0.15) is 46.0 Å². The lowest BCUT2D eigenvalue weighted by atomic mass is 10.0. The highest BCUT2D eigenvalue weighted by atomic mass is 19.1. The van der Waals surface area contributed by atoms with Crippen molar-refractivity contribution in [3.05, 3.63) is 41.2 Å². The average molecular weight is 316 g/mol. The fourth-order valence-corrected chi connectivity index (χ4v) is 2.82. The number of carbonyl (C=O) groups excluding carboxylic acids is 4. The van der Waals surface area contributed by atoms with E-state index in [0.29, 0.717) is 5.57 Å². The Bertz CT molecular complexity index is 800. The Hall–Kier alpha value is -2.83. The van der Waals surface area contributed by atoms with E-state index in [1.165, 1.54) is 6.07 Å². The summed E-state index contributed by atoms with van der Waals surface area (Å²) in [4.78, 5) is 48.8. The van der Waals surface area contributed by atoms with Gasteiger partial charge in [-0.3, -0.25) is 29.4 Å². The third-order valence-corrected chi connectivity index (χ3v) is 3.99. The molecule has 1 atom stereocenters. The van der Waals surface area contributed by atoms with Gasteiger partial charge in [-0.1, -0.05) is 6.58 Å². The summed E-state index contributed by atoms with van der Waals surface area (Å²) in [5.41, 5.74) is 0.529. The number of imide groups is 2. The standard InChI is InChI=1S/C16H13FN2O4/c1-7(2)8-5-9-10(6-11(8)17)16(23)19(15(9)22)12-3-4-13(20)18-14(12)21/h5-6,12H,1,3-4H2,2H3,(H,18,20,21). The number of benzene rings is 1. The first-order chi connectivity index (χ1) is 10.8. The third-order valence-electron chi connectivity index (χ3n) is 3.99. The lowest BCUT2D eigenvalue weighted by Gasteiger charge is -2.27. The van der Waals surface area contributed by atoms with Crippen molar-refractivity contribution >= 4 is 29.2 Å². The minimum atomic E-state index is -1.06. The molecule has 0 saturated carbocycles. The van der Waals surface area contributed by atoms with Gasteiger partial charge in [0.05, 0.1) is 11.1 Å². The quantitative estimate of drug-likeness (QED) is 0.833. The molecule has 1 aromatic carbocycles. The summed E-state index contributed by atoms with van der Waals surface area (Å²) in [7, 11) is 0. The van der Waals surface area contributed by atoms with Crippen molar-refractivity contribution in [3.8, 4) is 0 Å². The zero-order valence-electron chi connectivity index (χ0n) is 12.3. The highest BCUT2D eigenvalue weighted by Gasteiger charge is 2.45. The van der Waals surface area contributed by atoms with Gasteiger partial charge < -0.3 is 0 Å². The van der Waals surface area contributed by atoms with E-state index in [-0.39, 0.29) is 29.5 Å². The summed E-state index contributed by atoms with van der Waals surface area (Å²) in [6.07, 6.45) is 0.0984. The summed E-state index contributed by atoms with van der Waals surface area (Å²) >= 11 is 0. The van der Waals surface area contributed by atoms with E-state index in [1.807, 2.05) is 0 Å². The van der Waals surface area contributed by atoms with E-state index in [9.17, 15) is 23.6 Å². The predicted molar refractivity (Wildman–Crippen MR) is 77.8 cm³/mol. The van der Waals surface area contributed by atoms with Gasteiger partial charge in [0.2, 0.25) is 11.8 Å². The fraction of sp³-hybridized carbons (Fsp3) is 0.250. The largest absolute Gasteiger partial charge is 0.295 e. The number of amides is 4. The Morgan fingerprint density at radius 2 is 1.83 bits per heavy atom. The lowest BCUT2D eigenvalue weighted by Crippen LogP contribution is -2.54. The molecule has 1 fully saturated rings. The van der Waals surface area contributed by atoms with Crippen LogP contribution in [0.5, 0.6) is 0 Å². The summed E-state index contributed by atoms with van der Waals surface area (Å²) in [5, 5.41) is 2.10. The average Bonchev–Trinajstić information content (AvgIpc) is 2.70. The second-order valence-electron chi connectivity index (χ2n) is 5.61. The number of nitrogens with zero attached hydrogens (tertiary/aromatic N) is 1. The van der Waals surface area contributed by atoms with Crippen LogP contribution in [0.25, 0.3) is 5.57 Å². The zero-order valence-corrected chi connectivity index (χ0v) is 12.3. The summed E-state index contributed by atoms with van der Waals surface area (Å²) in [6, 6.07) is 1.21. The highest BCUT2D eigenvalue weighted by molar-refractivity contribution is 6.23. The second-order valence-corrected chi connectivity index (χ2v) is 5.61. The molecule has 1 aromatic rings. The van der Waals surface area contributed by atoms with Crippen molar-refractivity contribution in [1.29, 1.82) is 0 Å². The van der Waals surface area contributed by atoms with Gasteiger partial charge in [0.1, 0.15) is 11.9 Å². The van der Waals surface area contributed by atoms with Crippen LogP contribution in [-0.4, -0.2) is 34.6 Å². The van der Waals surface area contributed by atoms with Crippen LogP contribution < -0.4 is 5.32 Å². The Morgan fingerprint density at radius 1 is 1.22 bits per heavy atom. The maximum absolute atomic E-state index is 14.0. The number of carbonyl (C=O) groups is 4. The normalized spacial score (nSPS) is 20.6. The van der Waals surface area contributed by atoms with Crippen LogP contribution >= 0.6 is 0 Å². The number of nitrogens with one attached hydrogen (secondary N) is 1. The molecule has 0 bridgehead atoms. The van der Waals surface area contributed by atoms with Gasteiger partial charge in [0, 0.05) is 12.0 Å². The summed E-state index contributed by atoms with van der Waals surface area (Å²) in [5.74, 6) is -3.19. The minimum absolute atomic E-state index is 0.0369. The van der Waals surface area contributed by atoms with Crippen LogP contribution in [0.2, 0.25) is 0 Å². The van der Waals surface area contributed by atoms with Crippen molar-refractivity contribution in [2.24, 2.45) is 0 Å². The molecule has 6 nitrogen and oxygen atoms in total. The molecule has 118 valence electrons. The molecular formula is C16H13FN2O4. The lowest BCUT2D eigenvalue weighted by molar-refractivity contribution is -0.136. The van der Waals surface area contributed by atoms with Crippen molar-refractivity contribution in [2.45, 2.75) is 25.8 Å². The molecular weight excluding hydrogens is 303 g/mol. The third kappa shape index (κ3) is 2.25. The number of hydrogen-bond donors (Lipinski definition) is 1. The van der Waals surface area contributed by atoms with E-state index in [4.69, 9.17) is 0 Å². The number of allylic oxidation sites excluding steroid dienone is 1. The molecule has 4 amide bonds. The van der Waals surface area contributed by atoms with E-state index in [0.717, 1.165) is 11.0 Å². The van der Waals surface area contributed by atoms with Crippen molar-refractivity contribution < 1.29 is 23.6 Å². The van der Waals surface area contributed by atoms with E-state index < -0.39 is 35.5 Å². The summed E-state index contributed by atoms with van der Waals surface area (Å²) < 4.78 is 14.0. The molecule has 3 rings (SSSR count). The predicted octanol–water partition coefficient (Wildman–Crippen LogP) is 1.26. The van der Waals surface area contributed by atoms with Crippen LogP contribution in [0.15, 0.2) is 18.7 Å². The van der Waals surface area contributed by atoms with E-state index in [2.05, 4.69) is 11.9 Å². The molecule has 0 aromatic heterocycles. The maximum atomic E-state index is 14.0. The van der Waals surface area contributed by atoms with Crippen LogP contribution in [0.3, 0.4) is 0 Å². The first-order valence-electron chi connectivity index (χ1n) is 7.02. The Labute approximate surface area is 131 Å².